The molecule has 0 fully saturated rings. The van der Waals surface area contributed by atoms with Crippen molar-refractivity contribution in [2.45, 2.75) is 101 Å². The SMILES string of the molecule is CCCCCCC[CH2][Zn][CH2]CCCCCCC.[P]. The Balaban J connectivity index is 0. The molecule has 0 aromatic rings. The second-order valence-electron chi connectivity index (χ2n) is 5.60. The van der Waals surface area contributed by atoms with Crippen molar-refractivity contribution in [2.75, 3.05) is 0 Å². The van der Waals surface area contributed by atoms with E-state index < -0.39 is 0 Å². The molecule has 0 N–H and O–H groups in total. The van der Waals surface area contributed by atoms with E-state index in [-0.39, 0.29) is 27.0 Å². The first-order valence-electron chi connectivity index (χ1n) is 8.41. The van der Waals surface area contributed by atoms with Crippen LogP contribution in [-0.4, -0.2) is 0 Å². The van der Waals surface area contributed by atoms with E-state index in [1.807, 2.05) is 0 Å². The largest absolute Gasteiger partial charge is 0 e. The van der Waals surface area contributed by atoms with Gasteiger partial charge in [0.25, 0.3) is 0 Å². The smallest absolute Gasteiger partial charge is 0 e. The molecular formula is C16H34PZn. The van der Waals surface area contributed by atoms with Crippen LogP contribution in [0.1, 0.15) is 90.9 Å². The fourth-order valence-electron chi connectivity index (χ4n) is 2.44. The van der Waals surface area contributed by atoms with E-state index in [0.717, 1.165) is 0 Å². The first-order chi connectivity index (χ1) is 8.41. The molecule has 3 radical (unpaired) electrons. The Morgan fingerprint density at radius 2 is 0.833 bits per heavy atom. The zero-order valence-corrected chi connectivity index (χ0v) is 16.9. The summed E-state index contributed by atoms with van der Waals surface area (Å²) in [5, 5.41) is 3.35. The zero-order chi connectivity index (χ0) is 12.6. The van der Waals surface area contributed by atoms with Crippen LogP contribution in [0, 0.1) is 0 Å². The minimum atomic E-state index is -0.0720. The number of hydrogen-bond donors (Lipinski definition) is 0. The number of hydrogen-bond acceptors (Lipinski definition) is 0. The minimum Gasteiger partial charge on any atom is 0 e. The molecule has 0 aliphatic heterocycles. The van der Waals surface area contributed by atoms with Gasteiger partial charge in [-0.15, -0.1) is 0 Å². The molecule has 18 heavy (non-hydrogen) atoms. The Morgan fingerprint density at radius 3 is 1.22 bits per heavy atom. The third-order valence-corrected chi connectivity index (χ3v) is 7.90. The maximum Gasteiger partial charge on any atom is 0 e. The topological polar surface area (TPSA) is 0 Å². The van der Waals surface area contributed by atoms with Crippen LogP contribution < -0.4 is 0 Å². The molecule has 0 aliphatic carbocycles. The normalized spacial score (nSPS) is 9.89. The molecule has 0 aromatic carbocycles. The van der Waals surface area contributed by atoms with Gasteiger partial charge in [0, 0.05) is 9.90 Å². The molecule has 0 unspecified atom stereocenters. The maximum atomic E-state index is 2.30. The summed E-state index contributed by atoms with van der Waals surface area (Å²) >= 11 is -0.0720. The van der Waals surface area contributed by atoms with Gasteiger partial charge in [-0.1, -0.05) is 0 Å². The van der Waals surface area contributed by atoms with E-state index in [1.54, 1.807) is 22.9 Å². The van der Waals surface area contributed by atoms with Gasteiger partial charge < -0.3 is 0 Å². The van der Waals surface area contributed by atoms with Gasteiger partial charge in [-0.3, -0.25) is 0 Å². The zero-order valence-electron chi connectivity index (χ0n) is 13.1. The molecule has 2 heteroatoms. The summed E-state index contributed by atoms with van der Waals surface area (Å²) in [6, 6.07) is 0. The first kappa shape index (κ1) is 21.4. The van der Waals surface area contributed by atoms with Gasteiger partial charge in [0.05, 0.1) is 0 Å². The second kappa shape index (κ2) is 20.4. The van der Waals surface area contributed by atoms with E-state index in [1.165, 1.54) is 64.2 Å². The van der Waals surface area contributed by atoms with Crippen molar-refractivity contribution in [1.29, 1.82) is 0 Å². The molecule has 0 amide bonds. The van der Waals surface area contributed by atoms with Crippen LogP contribution in [0.25, 0.3) is 0 Å². The average molecular weight is 323 g/mol. The third-order valence-electron chi connectivity index (χ3n) is 3.71. The van der Waals surface area contributed by atoms with Crippen LogP contribution in [0.15, 0.2) is 0 Å². The second-order valence-corrected chi connectivity index (χ2v) is 10.0. The number of unbranched alkanes of at least 4 members (excludes halogenated alkanes) is 10. The molecule has 0 aliphatic rings. The summed E-state index contributed by atoms with van der Waals surface area (Å²) in [5.41, 5.74) is 0. The van der Waals surface area contributed by atoms with Crippen molar-refractivity contribution in [2.24, 2.45) is 0 Å². The summed E-state index contributed by atoms with van der Waals surface area (Å²) in [6.45, 7) is 4.60. The van der Waals surface area contributed by atoms with Crippen molar-refractivity contribution in [3.8, 4) is 0 Å². The van der Waals surface area contributed by atoms with Gasteiger partial charge in [0.2, 0.25) is 0 Å². The molecule has 0 rings (SSSR count). The van der Waals surface area contributed by atoms with E-state index in [9.17, 15) is 0 Å². The van der Waals surface area contributed by atoms with Crippen LogP contribution >= 0.6 is 9.90 Å². The van der Waals surface area contributed by atoms with Crippen LogP contribution in [0.4, 0.5) is 0 Å². The van der Waals surface area contributed by atoms with Crippen molar-refractivity contribution < 1.29 is 17.1 Å². The Labute approximate surface area is 128 Å². The standard InChI is InChI=1S/2C8H17.P.Zn/c2*1-3-5-7-8-6-4-2;;/h2*1,3-8H2,2H3;;. The molecule has 105 valence electrons. The van der Waals surface area contributed by atoms with E-state index in [0.29, 0.717) is 0 Å². The Bertz CT molecular complexity index is 114. The average Bonchev–Trinajstić information content (AvgIpc) is 2.35. The first-order valence-corrected chi connectivity index (χ1v) is 12.6. The third kappa shape index (κ3) is 19.4. The van der Waals surface area contributed by atoms with Crippen molar-refractivity contribution in [3.63, 3.8) is 0 Å². The van der Waals surface area contributed by atoms with E-state index in [2.05, 4.69) is 13.8 Å². The fourth-order valence-corrected chi connectivity index (χ4v) is 6.15. The van der Waals surface area contributed by atoms with Crippen molar-refractivity contribution in [1.82, 2.24) is 0 Å². The van der Waals surface area contributed by atoms with Crippen molar-refractivity contribution in [3.05, 3.63) is 0 Å². The van der Waals surface area contributed by atoms with E-state index >= 15 is 0 Å². The molecule has 0 saturated carbocycles. The molecule has 0 nitrogen and oxygen atoms in total. The molecule has 0 spiro atoms. The number of rotatable bonds is 14. The minimum absolute atomic E-state index is 0. The predicted octanol–water partition coefficient (Wildman–Crippen LogP) is 7.49. The van der Waals surface area contributed by atoms with Gasteiger partial charge in [-0.05, 0) is 0 Å². The molecule has 0 saturated heterocycles. The quantitative estimate of drug-likeness (QED) is 0.176. The van der Waals surface area contributed by atoms with Crippen LogP contribution in [0.5, 0.6) is 0 Å². The monoisotopic (exact) mass is 321 g/mol. The molecule has 0 bridgehead atoms. The van der Waals surface area contributed by atoms with Crippen LogP contribution in [-0.2, 0) is 17.1 Å². The Hall–Kier alpha value is 1.05. The Kier molecular flexibility index (Phi) is 24.2. The summed E-state index contributed by atoms with van der Waals surface area (Å²) in [4.78, 5) is 0. The predicted molar refractivity (Wildman–Crippen MR) is 83.3 cm³/mol. The summed E-state index contributed by atoms with van der Waals surface area (Å²) in [6.07, 6.45) is 17.9. The van der Waals surface area contributed by atoms with Gasteiger partial charge >= 0.3 is 118 Å². The molecule has 0 heterocycles. The fraction of sp³-hybridized carbons (Fsp3) is 1.00. The summed E-state index contributed by atoms with van der Waals surface area (Å²) < 4.78 is 0. The molecule has 0 atom stereocenters. The van der Waals surface area contributed by atoms with Gasteiger partial charge in [-0.2, -0.15) is 0 Å². The summed E-state index contributed by atoms with van der Waals surface area (Å²) in [5.74, 6) is 0. The van der Waals surface area contributed by atoms with Crippen LogP contribution in [0.3, 0.4) is 0 Å². The van der Waals surface area contributed by atoms with Gasteiger partial charge in [-0.25, -0.2) is 0 Å². The molecule has 0 aromatic heterocycles. The van der Waals surface area contributed by atoms with E-state index in [4.69, 9.17) is 0 Å². The Morgan fingerprint density at radius 1 is 0.500 bits per heavy atom. The summed E-state index contributed by atoms with van der Waals surface area (Å²) in [7, 11) is 0. The van der Waals surface area contributed by atoms with Crippen LogP contribution in [0.2, 0.25) is 10.0 Å². The van der Waals surface area contributed by atoms with Gasteiger partial charge in [0.1, 0.15) is 0 Å². The van der Waals surface area contributed by atoms with Crippen molar-refractivity contribution >= 4 is 9.90 Å². The van der Waals surface area contributed by atoms with Gasteiger partial charge in [0.15, 0.2) is 0 Å². The maximum absolute atomic E-state index is 2.30. The molecular weight excluding hydrogens is 289 g/mol.